The second-order valence-electron chi connectivity index (χ2n) is 4.37. The van der Waals surface area contributed by atoms with Gasteiger partial charge in [-0.25, -0.2) is 0 Å². The van der Waals surface area contributed by atoms with Gasteiger partial charge in [-0.05, 0) is 36.7 Å². The minimum atomic E-state index is 0.737. The average Bonchev–Trinajstić information content (AvgIpc) is 2.45. The van der Waals surface area contributed by atoms with E-state index < -0.39 is 0 Å². The molecule has 0 fully saturated rings. The summed E-state index contributed by atoms with van der Waals surface area (Å²) in [6.07, 6.45) is 1.02. The third-order valence-corrected chi connectivity index (χ3v) is 3.23. The number of nitrogens with one attached hydrogen (secondary N) is 1. The van der Waals surface area contributed by atoms with Crippen molar-refractivity contribution in [3.05, 3.63) is 64.7 Å². The molecule has 0 saturated heterocycles. The van der Waals surface area contributed by atoms with Crippen LogP contribution < -0.4 is 10.1 Å². The SMILES string of the molecule is COc1ccc(Cl)cc1CNCCc1ccccc1. The maximum atomic E-state index is 6.00. The monoisotopic (exact) mass is 275 g/mol. The predicted octanol–water partition coefficient (Wildman–Crippen LogP) is 3.68. The van der Waals surface area contributed by atoms with Gasteiger partial charge in [0.25, 0.3) is 0 Å². The lowest BCUT2D eigenvalue weighted by molar-refractivity contribution is 0.408. The summed E-state index contributed by atoms with van der Waals surface area (Å²) in [5, 5.41) is 4.15. The van der Waals surface area contributed by atoms with Crippen LogP contribution in [0.25, 0.3) is 0 Å². The summed E-state index contributed by atoms with van der Waals surface area (Å²) in [4.78, 5) is 0. The van der Waals surface area contributed by atoms with Gasteiger partial charge in [0.2, 0.25) is 0 Å². The molecule has 0 atom stereocenters. The van der Waals surface area contributed by atoms with Crippen molar-refractivity contribution in [2.75, 3.05) is 13.7 Å². The maximum absolute atomic E-state index is 6.00. The number of methoxy groups -OCH3 is 1. The molecule has 2 rings (SSSR count). The lowest BCUT2D eigenvalue weighted by atomic mass is 10.1. The highest BCUT2D eigenvalue weighted by atomic mass is 35.5. The molecule has 1 N–H and O–H groups in total. The van der Waals surface area contributed by atoms with Gasteiger partial charge in [0, 0.05) is 17.1 Å². The number of hydrogen-bond donors (Lipinski definition) is 1. The molecular formula is C16H18ClNO. The molecule has 2 nitrogen and oxygen atoms in total. The molecule has 2 aromatic rings. The Morgan fingerprint density at radius 2 is 1.89 bits per heavy atom. The first-order valence-electron chi connectivity index (χ1n) is 6.36. The van der Waals surface area contributed by atoms with Crippen molar-refractivity contribution in [1.82, 2.24) is 5.32 Å². The van der Waals surface area contributed by atoms with Crippen LogP contribution in [0.2, 0.25) is 5.02 Å². The standard InChI is InChI=1S/C16H18ClNO/c1-19-16-8-7-15(17)11-14(16)12-18-10-9-13-5-3-2-4-6-13/h2-8,11,18H,9-10,12H2,1H3. The van der Waals surface area contributed by atoms with Crippen LogP contribution >= 0.6 is 11.6 Å². The van der Waals surface area contributed by atoms with Crippen molar-refractivity contribution in [2.45, 2.75) is 13.0 Å². The molecule has 0 aromatic heterocycles. The van der Waals surface area contributed by atoms with E-state index in [1.54, 1.807) is 7.11 Å². The average molecular weight is 276 g/mol. The molecule has 0 amide bonds. The van der Waals surface area contributed by atoms with Crippen LogP contribution in [-0.4, -0.2) is 13.7 Å². The van der Waals surface area contributed by atoms with Gasteiger partial charge >= 0.3 is 0 Å². The van der Waals surface area contributed by atoms with Crippen LogP contribution in [0.3, 0.4) is 0 Å². The highest BCUT2D eigenvalue weighted by molar-refractivity contribution is 6.30. The predicted molar refractivity (Wildman–Crippen MR) is 79.9 cm³/mol. The summed E-state index contributed by atoms with van der Waals surface area (Å²) in [5.74, 6) is 0.872. The second-order valence-corrected chi connectivity index (χ2v) is 4.80. The summed E-state index contributed by atoms with van der Waals surface area (Å²) < 4.78 is 5.32. The number of rotatable bonds is 6. The summed E-state index contributed by atoms with van der Waals surface area (Å²) in [6.45, 7) is 1.69. The smallest absolute Gasteiger partial charge is 0.123 e. The van der Waals surface area contributed by atoms with E-state index in [0.717, 1.165) is 35.8 Å². The topological polar surface area (TPSA) is 21.3 Å². The molecule has 0 aliphatic carbocycles. The van der Waals surface area contributed by atoms with Gasteiger partial charge in [0.05, 0.1) is 7.11 Å². The number of halogens is 1. The third kappa shape index (κ3) is 4.27. The van der Waals surface area contributed by atoms with Crippen molar-refractivity contribution in [3.63, 3.8) is 0 Å². The lowest BCUT2D eigenvalue weighted by Crippen LogP contribution is -2.17. The summed E-state index contributed by atoms with van der Waals surface area (Å²) >= 11 is 6.00. The molecule has 3 heteroatoms. The van der Waals surface area contributed by atoms with Crippen LogP contribution in [0.5, 0.6) is 5.75 Å². The molecule has 0 saturated carbocycles. The van der Waals surface area contributed by atoms with Gasteiger partial charge < -0.3 is 10.1 Å². The Morgan fingerprint density at radius 3 is 2.63 bits per heavy atom. The van der Waals surface area contributed by atoms with E-state index in [4.69, 9.17) is 16.3 Å². The van der Waals surface area contributed by atoms with E-state index in [1.807, 2.05) is 24.3 Å². The minimum absolute atomic E-state index is 0.737. The Kier molecular flexibility index (Phi) is 5.25. The van der Waals surface area contributed by atoms with Gasteiger partial charge in [0.1, 0.15) is 5.75 Å². The Labute approximate surface area is 119 Å². The van der Waals surface area contributed by atoms with Gasteiger partial charge in [0.15, 0.2) is 0 Å². The van der Waals surface area contributed by atoms with E-state index >= 15 is 0 Å². The summed E-state index contributed by atoms with van der Waals surface area (Å²) in [5.41, 5.74) is 2.43. The van der Waals surface area contributed by atoms with Crippen molar-refractivity contribution < 1.29 is 4.74 Å². The Hall–Kier alpha value is -1.51. The van der Waals surface area contributed by atoms with E-state index in [2.05, 4.69) is 29.6 Å². The van der Waals surface area contributed by atoms with Crippen molar-refractivity contribution in [1.29, 1.82) is 0 Å². The van der Waals surface area contributed by atoms with E-state index in [0.29, 0.717) is 0 Å². The largest absolute Gasteiger partial charge is 0.496 e. The maximum Gasteiger partial charge on any atom is 0.123 e. The van der Waals surface area contributed by atoms with Crippen molar-refractivity contribution >= 4 is 11.6 Å². The fourth-order valence-corrected chi connectivity index (χ4v) is 2.18. The molecule has 0 spiro atoms. The van der Waals surface area contributed by atoms with E-state index in [1.165, 1.54) is 5.56 Å². The first-order valence-corrected chi connectivity index (χ1v) is 6.74. The van der Waals surface area contributed by atoms with Crippen LogP contribution in [-0.2, 0) is 13.0 Å². The quantitative estimate of drug-likeness (QED) is 0.812. The Morgan fingerprint density at radius 1 is 1.11 bits per heavy atom. The fraction of sp³-hybridized carbons (Fsp3) is 0.250. The molecule has 100 valence electrons. The molecule has 0 unspecified atom stereocenters. The first kappa shape index (κ1) is 13.9. The number of benzene rings is 2. The highest BCUT2D eigenvalue weighted by Gasteiger charge is 2.03. The van der Waals surface area contributed by atoms with Gasteiger partial charge in [-0.15, -0.1) is 0 Å². The van der Waals surface area contributed by atoms with Crippen LogP contribution in [0.4, 0.5) is 0 Å². The normalized spacial score (nSPS) is 10.4. The molecule has 19 heavy (non-hydrogen) atoms. The minimum Gasteiger partial charge on any atom is -0.496 e. The van der Waals surface area contributed by atoms with Crippen LogP contribution in [0.15, 0.2) is 48.5 Å². The molecule has 0 aliphatic rings. The highest BCUT2D eigenvalue weighted by Crippen LogP contribution is 2.22. The third-order valence-electron chi connectivity index (χ3n) is 2.99. The van der Waals surface area contributed by atoms with E-state index in [9.17, 15) is 0 Å². The Bertz CT molecular complexity index is 513. The molecule has 0 bridgehead atoms. The number of hydrogen-bond acceptors (Lipinski definition) is 2. The second kappa shape index (κ2) is 7.17. The number of ether oxygens (including phenoxy) is 1. The zero-order chi connectivity index (χ0) is 13.5. The molecule has 0 aliphatic heterocycles. The van der Waals surface area contributed by atoms with Crippen LogP contribution in [0, 0.1) is 0 Å². The molecule has 0 radical (unpaired) electrons. The zero-order valence-corrected chi connectivity index (χ0v) is 11.8. The van der Waals surface area contributed by atoms with E-state index in [-0.39, 0.29) is 0 Å². The van der Waals surface area contributed by atoms with Gasteiger partial charge in [-0.2, -0.15) is 0 Å². The zero-order valence-electron chi connectivity index (χ0n) is 11.0. The lowest BCUT2D eigenvalue weighted by Gasteiger charge is -2.10. The van der Waals surface area contributed by atoms with Gasteiger partial charge in [-0.3, -0.25) is 0 Å². The summed E-state index contributed by atoms with van der Waals surface area (Å²) in [6, 6.07) is 16.1. The van der Waals surface area contributed by atoms with Crippen molar-refractivity contribution in [2.24, 2.45) is 0 Å². The van der Waals surface area contributed by atoms with Crippen molar-refractivity contribution in [3.8, 4) is 5.75 Å². The van der Waals surface area contributed by atoms with Crippen LogP contribution in [0.1, 0.15) is 11.1 Å². The summed E-state index contributed by atoms with van der Waals surface area (Å²) in [7, 11) is 1.68. The van der Waals surface area contributed by atoms with Gasteiger partial charge in [-0.1, -0.05) is 41.9 Å². The first-order chi connectivity index (χ1) is 9.29. The fourth-order valence-electron chi connectivity index (χ4n) is 1.99. The molecule has 2 aromatic carbocycles. The Balaban J connectivity index is 1.84. The molecular weight excluding hydrogens is 258 g/mol. The molecule has 0 heterocycles.